The van der Waals surface area contributed by atoms with Gasteiger partial charge >= 0.3 is 5.97 Å². The Labute approximate surface area is 186 Å². The van der Waals surface area contributed by atoms with Gasteiger partial charge in [-0.2, -0.15) is 0 Å². The topological polar surface area (TPSA) is 92.7 Å². The van der Waals surface area contributed by atoms with E-state index in [2.05, 4.69) is 5.32 Å². The Balaban J connectivity index is 1.70. The van der Waals surface area contributed by atoms with Gasteiger partial charge in [-0.25, -0.2) is 4.79 Å². The van der Waals surface area contributed by atoms with Gasteiger partial charge < -0.3 is 15.2 Å². The smallest absolute Gasteiger partial charge is 0.348 e. The first-order valence-corrected chi connectivity index (χ1v) is 10.3. The fourth-order valence-corrected chi connectivity index (χ4v) is 3.38. The third kappa shape index (κ3) is 5.47. The highest BCUT2D eigenvalue weighted by Crippen LogP contribution is 2.30. The van der Waals surface area contributed by atoms with Crippen LogP contribution in [-0.2, 0) is 31.1 Å². The molecule has 0 spiro atoms. The molecule has 164 valence electrons. The van der Waals surface area contributed by atoms with Crippen molar-refractivity contribution in [2.24, 2.45) is 0 Å². The molecule has 3 aromatic carbocycles. The van der Waals surface area contributed by atoms with E-state index in [1.54, 1.807) is 60.7 Å². The lowest BCUT2D eigenvalue weighted by atomic mass is 9.86. The number of rotatable bonds is 9. The molecule has 6 heteroatoms. The molecule has 3 rings (SSSR count). The van der Waals surface area contributed by atoms with Crippen molar-refractivity contribution < 1.29 is 24.2 Å². The summed E-state index contributed by atoms with van der Waals surface area (Å²) in [7, 11) is 0. The minimum absolute atomic E-state index is 0.210. The van der Waals surface area contributed by atoms with Crippen molar-refractivity contribution in [2.75, 3.05) is 6.61 Å². The largest absolute Gasteiger partial charge is 0.453 e. The van der Waals surface area contributed by atoms with Crippen LogP contribution in [0.1, 0.15) is 23.6 Å². The average molecular weight is 431 g/mol. The summed E-state index contributed by atoms with van der Waals surface area (Å²) in [5.74, 6) is -1.82. The zero-order valence-corrected chi connectivity index (χ0v) is 17.7. The monoisotopic (exact) mass is 431 g/mol. The molecule has 1 atom stereocenters. The summed E-state index contributed by atoms with van der Waals surface area (Å²) in [6.07, 6.45) is 0.327. The number of nitrogens with one attached hydrogen (secondary N) is 1. The van der Waals surface area contributed by atoms with Gasteiger partial charge in [0.1, 0.15) is 0 Å². The van der Waals surface area contributed by atoms with Crippen molar-refractivity contribution in [3.8, 4) is 0 Å². The minimum atomic E-state index is -2.08. The second-order valence-corrected chi connectivity index (χ2v) is 7.44. The predicted molar refractivity (Wildman–Crippen MR) is 120 cm³/mol. The van der Waals surface area contributed by atoms with Crippen LogP contribution in [0.5, 0.6) is 0 Å². The van der Waals surface area contributed by atoms with E-state index in [9.17, 15) is 19.5 Å². The van der Waals surface area contributed by atoms with Gasteiger partial charge in [-0.05, 0) is 30.0 Å². The summed E-state index contributed by atoms with van der Waals surface area (Å²) in [5, 5.41) is 13.9. The van der Waals surface area contributed by atoms with Crippen LogP contribution in [0, 0.1) is 0 Å². The first-order chi connectivity index (χ1) is 15.4. The molecule has 0 radical (unpaired) electrons. The first kappa shape index (κ1) is 22.9. The number of ketones is 1. The normalized spacial score (nSPS) is 11.9. The van der Waals surface area contributed by atoms with Crippen LogP contribution in [0.15, 0.2) is 91.0 Å². The second kappa shape index (κ2) is 10.5. The van der Waals surface area contributed by atoms with Gasteiger partial charge in [0, 0.05) is 0 Å². The highest BCUT2D eigenvalue weighted by atomic mass is 16.6. The average Bonchev–Trinajstić information content (AvgIpc) is 2.83. The van der Waals surface area contributed by atoms with Crippen molar-refractivity contribution in [3.05, 3.63) is 108 Å². The maximum Gasteiger partial charge on any atom is 0.348 e. The SMILES string of the molecule is CC(=O)[C@H](Cc1ccccc1)NC(=O)COC(=O)C(O)(c1ccccc1)c1ccccc1. The Morgan fingerprint density at radius 1 is 0.844 bits per heavy atom. The van der Waals surface area contributed by atoms with Crippen molar-refractivity contribution in [2.45, 2.75) is 25.0 Å². The third-order valence-corrected chi connectivity index (χ3v) is 5.12. The van der Waals surface area contributed by atoms with Crippen molar-refractivity contribution >= 4 is 17.7 Å². The van der Waals surface area contributed by atoms with E-state index in [4.69, 9.17) is 4.74 Å². The fourth-order valence-electron chi connectivity index (χ4n) is 3.38. The van der Waals surface area contributed by atoms with Crippen LogP contribution in [-0.4, -0.2) is 35.4 Å². The molecule has 3 aromatic rings. The summed E-state index contributed by atoms with van der Waals surface area (Å²) in [4.78, 5) is 37.4. The molecule has 0 saturated carbocycles. The van der Waals surface area contributed by atoms with Gasteiger partial charge in [0.25, 0.3) is 5.91 Å². The fraction of sp³-hybridized carbons (Fsp3) is 0.192. The summed E-state index contributed by atoms with van der Waals surface area (Å²) in [6, 6.07) is 25.3. The lowest BCUT2D eigenvalue weighted by Crippen LogP contribution is -2.45. The highest BCUT2D eigenvalue weighted by molar-refractivity contribution is 5.90. The van der Waals surface area contributed by atoms with Gasteiger partial charge in [0.05, 0.1) is 6.04 Å². The number of esters is 1. The number of Topliss-reactive ketones (excluding diaryl/α,β-unsaturated/α-hetero) is 1. The third-order valence-electron chi connectivity index (χ3n) is 5.12. The van der Waals surface area contributed by atoms with Crippen LogP contribution in [0.25, 0.3) is 0 Å². The zero-order valence-electron chi connectivity index (χ0n) is 17.7. The number of aliphatic hydroxyl groups is 1. The van der Waals surface area contributed by atoms with E-state index in [-0.39, 0.29) is 5.78 Å². The maximum atomic E-state index is 13.0. The van der Waals surface area contributed by atoms with Gasteiger partial charge in [-0.1, -0.05) is 91.0 Å². The summed E-state index contributed by atoms with van der Waals surface area (Å²) >= 11 is 0. The Morgan fingerprint density at radius 2 is 1.31 bits per heavy atom. The van der Waals surface area contributed by atoms with E-state index in [1.807, 2.05) is 30.3 Å². The minimum Gasteiger partial charge on any atom is -0.453 e. The summed E-state index contributed by atoms with van der Waals surface area (Å²) in [6.45, 7) is 0.767. The summed E-state index contributed by atoms with van der Waals surface area (Å²) in [5.41, 5.74) is -0.538. The van der Waals surface area contributed by atoms with Gasteiger partial charge in [-0.3, -0.25) is 9.59 Å². The van der Waals surface area contributed by atoms with Crippen molar-refractivity contribution in [1.82, 2.24) is 5.32 Å². The molecule has 1 amide bonds. The molecular formula is C26H25NO5. The Morgan fingerprint density at radius 3 is 1.78 bits per heavy atom. The van der Waals surface area contributed by atoms with Crippen LogP contribution in [0.4, 0.5) is 0 Å². The Bertz CT molecular complexity index is 1010. The molecule has 0 saturated heterocycles. The van der Waals surface area contributed by atoms with Crippen molar-refractivity contribution in [1.29, 1.82) is 0 Å². The molecule has 0 aliphatic rings. The number of hydrogen-bond donors (Lipinski definition) is 2. The zero-order chi connectivity index (χ0) is 23.0. The number of benzene rings is 3. The van der Waals surface area contributed by atoms with E-state index >= 15 is 0 Å². The number of hydrogen-bond acceptors (Lipinski definition) is 5. The Kier molecular flexibility index (Phi) is 7.52. The second-order valence-electron chi connectivity index (χ2n) is 7.44. The number of ether oxygens (including phenoxy) is 1. The quantitative estimate of drug-likeness (QED) is 0.508. The molecule has 0 unspecified atom stereocenters. The Hall–Kier alpha value is -3.77. The number of carbonyl (C=O) groups is 3. The van der Waals surface area contributed by atoms with E-state index < -0.39 is 30.1 Å². The van der Waals surface area contributed by atoms with Crippen LogP contribution in [0.3, 0.4) is 0 Å². The van der Waals surface area contributed by atoms with Crippen LogP contribution >= 0.6 is 0 Å². The molecule has 2 N–H and O–H groups in total. The molecule has 0 bridgehead atoms. The predicted octanol–water partition coefficient (Wildman–Crippen LogP) is 2.78. The van der Waals surface area contributed by atoms with E-state index in [0.29, 0.717) is 17.5 Å². The van der Waals surface area contributed by atoms with Gasteiger partial charge in [0.2, 0.25) is 5.60 Å². The van der Waals surface area contributed by atoms with Crippen LogP contribution < -0.4 is 5.32 Å². The van der Waals surface area contributed by atoms with Gasteiger partial charge in [-0.15, -0.1) is 0 Å². The highest BCUT2D eigenvalue weighted by Gasteiger charge is 2.41. The van der Waals surface area contributed by atoms with E-state index in [0.717, 1.165) is 5.56 Å². The number of carbonyl (C=O) groups excluding carboxylic acids is 3. The standard InChI is InChI=1S/C26H25NO5/c1-19(28)23(17-20-11-5-2-6-12-20)27-24(29)18-32-25(30)26(31,21-13-7-3-8-14-21)22-15-9-4-10-16-22/h2-16,23,31H,17-18H2,1H3,(H,27,29)/t23-/m0/s1. The first-order valence-electron chi connectivity index (χ1n) is 10.3. The maximum absolute atomic E-state index is 13.0. The molecular weight excluding hydrogens is 406 g/mol. The molecule has 0 aliphatic carbocycles. The lowest BCUT2D eigenvalue weighted by molar-refractivity contribution is -0.164. The molecule has 0 aliphatic heterocycles. The number of amides is 1. The lowest BCUT2D eigenvalue weighted by Gasteiger charge is -2.27. The molecule has 6 nitrogen and oxygen atoms in total. The summed E-state index contributed by atoms with van der Waals surface area (Å²) < 4.78 is 5.20. The van der Waals surface area contributed by atoms with E-state index in [1.165, 1.54) is 6.92 Å². The van der Waals surface area contributed by atoms with Gasteiger partial charge in [0.15, 0.2) is 12.4 Å². The van der Waals surface area contributed by atoms with Crippen molar-refractivity contribution in [3.63, 3.8) is 0 Å². The molecule has 0 heterocycles. The molecule has 0 fully saturated rings. The molecule has 0 aromatic heterocycles. The molecule has 32 heavy (non-hydrogen) atoms. The van der Waals surface area contributed by atoms with Crippen LogP contribution in [0.2, 0.25) is 0 Å².